The third-order valence-corrected chi connectivity index (χ3v) is 9.05. The van der Waals surface area contributed by atoms with E-state index in [4.69, 9.17) is 11.6 Å². The van der Waals surface area contributed by atoms with Gasteiger partial charge in [-0.3, -0.25) is 0 Å². The van der Waals surface area contributed by atoms with Gasteiger partial charge < -0.3 is 10.2 Å². The SMILES string of the molecule is C[C@@]12CC[C@H]3[C@@H](CC[C@H]4C[C@](O)(C#CCl)CC[C@]43C)[C@H]1CC[C@@H]2O. The van der Waals surface area contributed by atoms with E-state index in [9.17, 15) is 10.2 Å². The van der Waals surface area contributed by atoms with Crippen molar-refractivity contribution in [1.29, 1.82) is 0 Å². The molecular formula is C21H31ClO2. The van der Waals surface area contributed by atoms with Gasteiger partial charge in [-0.2, -0.15) is 0 Å². The first-order chi connectivity index (χ1) is 11.3. The first kappa shape index (κ1) is 17.2. The smallest absolute Gasteiger partial charge is 0.127 e. The van der Waals surface area contributed by atoms with Crippen molar-refractivity contribution >= 4 is 11.6 Å². The van der Waals surface area contributed by atoms with E-state index in [1.54, 1.807) is 0 Å². The van der Waals surface area contributed by atoms with Gasteiger partial charge >= 0.3 is 0 Å². The van der Waals surface area contributed by atoms with Crippen LogP contribution in [-0.4, -0.2) is 21.9 Å². The van der Waals surface area contributed by atoms with Crippen molar-refractivity contribution in [1.82, 2.24) is 0 Å². The normalized spacial score (nSPS) is 56.5. The Bertz CT molecular complexity index is 580. The lowest BCUT2D eigenvalue weighted by Crippen LogP contribution is -2.56. The lowest BCUT2D eigenvalue weighted by molar-refractivity contribution is -0.143. The van der Waals surface area contributed by atoms with Gasteiger partial charge in [-0.25, -0.2) is 0 Å². The van der Waals surface area contributed by atoms with Crippen LogP contribution < -0.4 is 0 Å². The number of aliphatic hydroxyl groups excluding tert-OH is 1. The highest BCUT2D eigenvalue weighted by atomic mass is 35.5. The van der Waals surface area contributed by atoms with Crippen molar-refractivity contribution in [3.63, 3.8) is 0 Å². The second kappa shape index (κ2) is 5.63. The van der Waals surface area contributed by atoms with Crippen LogP contribution in [0.5, 0.6) is 0 Å². The Kier molecular flexibility index (Phi) is 4.04. The maximum absolute atomic E-state index is 10.8. The molecule has 4 aliphatic carbocycles. The molecular weight excluding hydrogens is 320 g/mol. The fourth-order valence-corrected chi connectivity index (χ4v) is 7.60. The molecule has 4 saturated carbocycles. The van der Waals surface area contributed by atoms with Gasteiger partial charge in [0.25, 0.3) is 0 Å². The van der Waals surface area contributed by atoms with Crippen LogP contribution in [0.15, 0.2) is 0 Å². The molecule has 24 heavy (non-hydrogen) atoms. The number of fused-ring (bicyclic) bond motifs is 5. The van der Waals surface area contributed by atoms with Gasteiger partial charge in [0.1, 0.15) is 5.60 Å². The number of rotatable bonds is 0. The lowest BCUT2D eigenvalue weighted by Gasteiger charge is -2.61. The Hall–Kier alpha value is -0.230. The number of hydrogen-bond acceptors (Lipinski definition) is 2. The van der Waals surface area contributed by atoms with Crippen molar-refractivity contribution in [3.8, 4) is 11.3 Å². The lowest BCUT2D eigenvalue weighted by atomic mass is 9.44. The minimum Gasteiger partial charge on any atom is -0.393 e. The van der Waals surface area contributed by atoms with E-state index in [-0.39, 0.29) is 11.5 Å². The summed E-state index contributed by atoms with van der Waals surface area (Å²) in [5.41, 5.74) is -0.382. The summed E-state index contributed by atoms with van der Waals surface area (Å²) in [7, 11) is 0. The van der Waals surface area contributed by atoms with Crippen molar-refractivity contribution in [2.75, 3.05) is 0 Å². The van der Waals surface area contributed by atoms with Crippen LogP contribution in [-0.2, 0) is 0 Å². The van der Waals surface area contributed by atoms with Crippen LogP contribution in [0.1, 0.15) is 71.6 Å². The molecule has 8 atom stereocenters. The second-order valence-electron chi connectivity index (χ2n) is 9.75. The first-order valence-corrected chi connectivity index (χ1v) is 10.2. The average molecular weight is 351 g/mol. The summed E-state index contributed by atoms with van der Waals surface area (Å²) < 4.78 is 0. The fourth-order valence-electron chi connectivity index (χ4n) is 7.42. The maximum atomic E-state index is 10.8. The standard InChI is InChI=1S/C21H31ClO2/c1-19-9-10-21(24,11-12-22)13-14(19)3-4-15-16-5-6-18(23)20(16,2)8-7-17(15)19/h14-18,23-24H,3-10,13H2,1-2H3/t14-,15-,16+,17-,18-,19+,20+,21+/m0/s1. The molecule has 0 aliphatic heterocycles. The molecule has 0 saturated heterocycles. The van der Waals surface area contributed by atoms with Crippen molar-refractivity contribution < 1.29 is 10.2 Å². The molecule has 4 fully saturated rings. The Morgan fingerprint density at radius 3 is 2.42 bits per heavy atom. The highest BCUT2D eigenvalue weighted by Gasteiger charge is 2.61. The van der Waals surface area contributed by atoms with E-state index in [0.29, 0.717) is 17.3 Å². The molecule has 0 unspecified atom stereocenters. The predicted octanol–water partition coefficient (Wildman–Crippen LogP) is 4.32. The minimum atomic E-state index is -0.870. The monoisotopic (exact) mass is 350 g/mol. The first-order valence-electron chi connectivity index (χ1n) is 9.86. The summed E-state index contributed by atoms with van der Waals surface area (Å²) in [5, 5.41) is 23.7. The maximum Gasteiger partial charge on any atom is 0.127 e. The van der Waals surface area contributed by atoms with E-state index in [0.717, 1.165) is 37.5 Å². The van der Waals surface area contributed by atoms with Gasteiger partial charge in [0, 0.05) is 5.38 Å². The van der Waals surface area contributed by atoms with Crippen LogP contribution >= 0.6 is 11.6 Å². The highest BCUT2D eigenvalue weighted by molar-refractivity contribution is 6.30. The van der Waals surface area contributed by atoms with Gasteiger partial charge in [0.15, 0.2) is 0 Å². The molecule has 0 heterocycles. The zero-order valence-electron chi connectivity index (χ0n) is 15.0. The fraction of sp³-hybridized carbons (Fsp3) is 0.905. The minimum absolute atomic E-state index is 0.0931. The van der Waals surface area contributed by atoms with Crippen molar-refractivity contribution in [2.24, 2.45) is 34.5 Å². The van der Waals surface area contributed by atoms with Crippen LogP contribution in [0.4, 0.5) is 0 Å². The summed E-state index contributed by atoms with van der Waals surface area (Å²) in [6.45, 7) is 4.83. The molecule has 2 N–H and O–H groups in total. The van der Waals surface area contributed by atoms with Gasteiger partial charge in [-0.05, 0) is 104 Å². The molecule has 0 aromatic heterocycles. The highest BCUT2D eigenvalue weighted by Crippen LogP contribution is 2.66. The molecule has 134 valence electrons. The molecule has 0 amide bonds. The quantitative estimate of drug-likeness (QED) is 0.639. The van der Waals surface area contributed by atoms with Crippen LogP contribution in [0.25, 0.3) is 0 Å². The van der Waals surface area contributed by atoms with E-state index in [1.807, 2.05) is 0 Å². The Labute approximate surface area is 151 Å². The van der Waals surface area contributed by atoms with Gasteiger partial charge in [0.05, 0.1) is 6.10 Å². The molecule has 2 nitrogen and oxygen atoms in total. The summed E-state index contributed by atoms with van der Waals surface area (Å²) in [6.07, 6.45) is 9.61. The van der Waals surface area contributed by atoms with Crippen molar-refractivity contribution in [3.05, 3.63) is 0 Å². The summed E-state index contributed by atoms with van der Waals surface area (Å²) in [6, 6.07) is 0. The molecule has 3 heteroatoms. The van der Waals surface area contributed by atoms with Gasteiger partial charge in [-0.1, -0.05) is 19.8 Å². The summed E-state index contributed by atoms with van der Waals surface area (Å²) in [4.78, 5) is 0. The van der Waals surface area contributed by atoms with Crippen LogP contribution in [0, 0.1) is 45.8 Å². The molecule has 4 rings (SSSR count). The van der Waals surface area contributed by atoms with Gasteiger partial charge in [0.2, 0.25) is 0 Å². The number of halogens is 1. The molecule has 0 spiro atoms. The van der Waals surface area contributed by atoms with E-state index in [2.05, 4.69) is 25.1 Å². The average Bonchev–Trinajstić information content (AvgIpc) is 2.84. The zero-order chi connectivity index (χ0) is 17.2. The third-order valence-electron chi connectivity index (χ3n) is 8.96. The van der Waals surface area contributed by atoms with E-state index in [1.165, 1.54) is 32.1 Å². The largest absolute Gasteiger partial charge is 0.393 e. The zero-order valence-corrected chi connectivity index (χ0v) is 15.8. The number of hydrogen-bond donors (Lipinski definition) is 2. The summed E-state index contributed by atoms with van der Waals surface area (Å²) in [5.74, 6) is 5.66. The Balaban J connectivity index is 1.60. The topological polar surface area (TPSA) is 40.5 Å². The molecule has 4 aliphatic rings. The number of aliphatic hydroxyl groups is 2. The summed E-state index contributed by atoms with van der Waals surface area (Å²) >= 11 is 5.59. The van der Waals surface area contributed by atoms with Crippen LogP contribution in [0.2, 0.25) is 0 Å². The van der Waals surface area contributed by atoms with Crippen LogP contribution in [0.3, 0.4) is 0 Å². The molecule has 0 bridgehead atoms. The molecule has 0 aromatic carbocycles. The second-order valence-corrected chi connectivity index (χ2v) is 9.94. The van der Waals surface area contributed by atoms with E-state index >= 15 is 0 Å². The predicted molar refractivity (Wildman–Crippen MR) is 96.3 cm³/mol. The van der Waals surface area contributed by atoms with Gasteiger partial charge in [-0.15, -0.1) is 0 Å². The van der Waals surface area contributed by atoms with Crippen molar-refractivity contribution in [2.45, 2.75) is 83.3 Å². The molecule has 0 radical (unpaired) electrons. The Morgan fingerprint density at radius 2 is 1.67 bits per heavy atom. The Morgan fingerprint density at radius 1 is 0.917 bits per heavy atom. The molecule has 0 aromatic rings. The third kappa shape index (κ3) is 2.31. The van der Waals surface area contributed by atoms with E-state index < -0.39 is 5.60 Å².